The lowest BCUT2D eigenvalue weighted by molar-refractivity contribution is 0.0936. The lowest BCUT2D eigenvalue weighted by Gasteiger charge is -2.16. The van der Waals surface area contributed by atoms with Crippen LogP contribution in [0.3, 0.4) is 0 Å². The number of amides is 1. The first-order valence-electron chi connectivity index (χ1n) is 9.18. The first kappa shape index (κ1) is 18.3. The van der Waals surface area contributed by atoms with E-state index >= 15 is 0 Å². The van der Waals surface area contributed by atoms with E-state index in [4.69, 9.17) is 0 Å². The van der Waals surface area contributed by atoms with Crippen molar-refractivity contribution in [2.24, 2.45) is 0 Å². The minimum Gasteiger partial charge on any atom is -0.345 e. The molecule has 138 valence electrons. The van der Waals surface area contributed by atoms with Crippen molar-refractivity contribution in [2.45, 2.75) is 22.9 Å². The second-order valence-electron chi connectivity index (χ2n) is 6.57. The van der Waals surface area contributed by atoms with Gasteiger partial charge in [0.1, 0.15) is 5.03 Å². The quantitative estimate of drug-likeness (QED) is 0.467. The Morgan fingerprint density at radius 2 is 1.64 bits per heavy atom. The van der Waals surface area contributed by atoms with E-state index in [0.717, 1.165) is 10.5 Å². The number of hydrogen-bond acceptors (Lipinski definition) is 3. The fourth-order valence-corrected chi connectivity index (χ4v) is 3.98. The standard InChI is InChI=1S/C24H20N2OS/c1-17(19-14-13-18-8-5-6-9-20(18)16-19)26-23(27)22-12-7-15-25-24(22)28-21-10-3-2-4-11-21/h2-17H,1H3,(H,26,27). The summed E-state index contributed by atoms with van der Waals surface area (Å²) in [5.74, 6) is -0.118. The molecule has 3 aromatic carbocycles. The van der Waals surface area contributed by atoms with Crippen molar-refractivity contribution in [3.8, 4) is 0 Å². The highest BCUT2D eigenvalue weighted by atomic mass is 32.2. The van der Waals surface area contributed by atoms with Crippen LogP contribution in [0.2, 0.25) is 0 Å². The van der Waals surface area contributed by atoms with Crippen LogP contribution >= 0.6 is 11.8 Å². The number of rotatable bonds is 5. The summed E-state index contributed by atoms with van der Waals surface area (Å²) in [6.45, 7) is 2.00. The molecule has 4 aromatic rings. The number of fused-ring (bicyclic) bond motifs is 1. The van der Waals surface area contributed by atoms with Gasteiger partial charge in [0.25, 0.3) is 5.91 Å². The molecule has 0 aliphatic heterocycles. The maximum absolute atomic E-state index is 12.9. The minimum absolute atomic E-state index is 0.105. The third kappa shape index (κ3) is 4.07. The summed E-state index contributed by atoms with van der Waals surface area (Å²) < 4.78 is 0. The van der Waals surface area contributed by atoms with E-state index in [1.165, 1.54) is 22.5 Å². The van der Waals surface area contributed by atoms with Crippen molar-refractivity contribution in [3.05, 3.63) is 102 Å². The molecule has 0 spiro atoms. The van der Waals surface area contributed by atoms with Crippen molar-refractivity contribution >= 4 is 28.4 Å². The van der Waals surface area contributed by atoms with Gasteiger partial charge in [-0.1, -0.05) is 66.4 Å². The van der Waals surface area contributed by atoms with E-state index in [9.17, 15) is 4.79 Å². The van der Waals surface area contributed by atoms with Gasteiger partial charge in [-0.25, -0.2) is 4.98 Å². The summed E-state index contributed by atoms with van der Waals surface area (Å²) in [6, 6.07) is 28.0. The molecule has 0 fully saturated rings. The number of carbonyl (C=O) groups is 1. The Bertz CT molecular complexity index is 1110. The molecule has 0 bridgehead atoms. The molecule has 1 amide bonds. The van der Waals surface area contributed by atoms with Crippen LogP contribution in [0, 0.1) is 0 Å². The van der Waals surface area contributed by atoms with Gasteiger partial charge in [-0.05, 0) is 53.6 Å². The van der Waals surface area contributed by atoms with E-state index in [0.29, 0.717) is 10.6 Å². The van der Waals surface area contributed by atoms with Gasteiger partial charge in [-0.3, -0.25) is 4.79 Å². The Morgan fingerprint density at radius 1 is 0.893 bits per heavy atom. The maximum atomic E-state index is 12.9. The third-order valence-corrected chi connectivity index (χ3v) is 5.62. The summed E-state index contributed by atoms with van der Waals surface area (Å²) in [5.41, 5.74) is 1.66. The van der Waals surface area contributed by atoms with Crippen molar-refractivity contribution in [2.75, 3.05) is 0 Å². The highest BCUT2D eigenvalue weighted by molar-refractivity contribution is 7.99. The Hall–Kier alpha value is -3.11. The van der Waals surface area contributed by atoms with Crippen LogP contribution in [-0.4, -0.2) is 10.9 Å². The highest BCUT2D eigenvalue weighted by Gasteiger charge is 2.16. The van der Waals surface area contributed by atoms with E-state index in [1.54, 1.807) is 12.3 Å². The molecule has 1 unspecified atom stereocenters. The highest BCUT2D eigenvalue weighted by Crippen LogP contribution is 2.29. The van der Waals surface area contributed by atoms with Gasteiger partial charge in [0, 0.05) is 11.1 Å². The molecule has 4 rings (SSSR count). The Balaban J connectivity index is 1.54. The van der Waals surface area contributed by atoms with Gasteiger partial charge in [0.15, 0.2) is 0 Å². The lowest BCUT2D eigenvalue weighted by atomic mass is 10.0. The van der Waals surface area contributed by atoms with E-state index in [2.05, 4.69) is 40.6 Å². The number of hydrogen-bond donors (Lipinski definition) is 1. The number of pyridine rings is 1. The van der Waals surface area contributed by atoms with Gasteiger partial charge in [0.05, 0.1) is 11.6 Å². The smallest absolute Gasteiger partial charge is 0.254 e. The average molecular weight is 385 g/mol. The summed E-state index contributed by atoms with van der Waals surface area (Å²) >= 11 is 1.50. The molecule has 1 atom stereocenters. The van der Waals surface area contributed by atoms with Crippen LogP contribution in [0.4, 0.5) is 0 Å². The fraction of sp³-hybridized carbons (Fsp3) is 0.0833. The van der Waals surface area contributed by atoms with Gasteiger partial charge in [-0.15, -0.1) is 0 Å². The van der Waals surface area contributed by atoms with Crippen LogP contribution in [0.1, 0.15) is 28.9 Å². The van der Waals surface area contributed by atoms with Gasteiger partial charge < -0.3 is 5.32 Å². The van der Waals surface area contributed by atoms with Crippen LogP contribution in [0.5, 0.6) is 0 Å². The molecular weight excluding hydrogens is 364 g/mol. The Morgan fingerprint density at radius 3 is 2.46 bits per heavy atom. The first-order valence-corrected chi connectivity index (χ1v) is 10.00. The van der Waals surface area contributed by atoms with E-state index < -0.39 is 0 Å². The predicted molar refractivity (Wildman–Crippen MR) is 115 cm³/mol. The second-order valence-corrected chi connectivity index (χ2v) is 7.64. The zero-order chi connectivity index (χ0) is 19.3. The topological polar surface area (TPSA) is 42.0 Å². The molecular formula is C24H20N2OS. The number of nitrogens with one attached hydrogen (secondary N) is 1. The van der Waals surface area contributed by atoms with Gasteiger partial charge in [-0.2, -0.15) is 0 Å². The number of nitrogens with zero attached hydrogens (tertiary/aromatic N) is 1. The fourth-order valence-electron chi connectivity index (χ4n) is 3.08. The second kappa shape index (κ2) is 8.28. The van der Waals surface area contributed by atoms with Gasteiger partial charge in [0.2, 0.25) is 0 Å². The average Bonchev–Trinajstić information content (AvgIpc) is 2.74. The summed E-state index contributed by atoms with van der Waals surface area (Å²) in [7, 11) is 0. The molecule has 4 heteroatoms. The van der Waals surface area contributed by atoms with E-state index in [1.807, 2.05) is 55.5 Å². The number of carbonyl (C=O) groups excluding carboxylic acids is 1. The summed E-state index contributed by atoms with van der Waals surface area (Å²) in [6.07, 6.45) is 1.72. The Labute approximate surface area is 168 Å². The largest absolute Gasteiger partial charge is 0.345 e. The van der Waals surface area contributed by atoms with E-state index in [-0.39, 0.29) is 11.9 Å². The molecule has 28 heavy (non-hydrogen) atoms. The molecule has 3 nitrogen and oxygen atoms in total. The SMILES string of the molecule is CC(NC(=O)c1cccnc1Sc1ccccc1)c1ccc2ccccc2c1. The lowest BCUT2D eigenvalue weighted by Crippen LogP contribution is -2.27. The minimum atomic E-state index is -0.118. The van der Waals surface area contributed by atoms with Gasteiger partial charge >= 0.3 is 0 Å². The van der Waals surface area contributed by atoms with Crippen molar-refractivity contribution in [1.29, 1.82) is 0 Å². The third-order valence-electron chi connectivity index (χ3n) is 4.59. The zero-order valence-electron chi connectivity index (χ0n) is 15.5. The zero-order valence-corrected chi connectivity index (χ0v) is 16.3. The van der Waals surface area contributed by atoms with Crippen LogP contribution < -0.4 is 5.32 Å². The molecule has 0 radical (unpaired) electrons. The maximum Gasteiger partial charge on any atom is 0.254 e. The van der Waals surface area contributed by atoms with Crippen LogP contribution in [0.15, 0.2) is 101 Å². The molecule has 0 aliphatic carbocycles. The normalized spacial score (nSPS) is 11.9. The predicted octanol–water partition coefficient (Wildman–Crippen LogP) is 5.88. The van der Waals surface area contributed by atoms with Crippen molar-refractivity contribution in [1.82, 2.24) is 10.3 Å². The summed E-state index contributed by atoms with van der Waals surface area (Å²) in [4.78, 5) is 18.4. The number of aromatic nitrogens is 1. The van der Waals surface area contributed by atoms with Crippen LogP contribution in [-0.2, 0) is 0 Å². The molecule has 0 aliphatic rings. The molecule has 1 heterocycles. The Kier molecular flexibility index (Phi) is 5.40. The van der Waals surface area contributed by atoms with Crippen LogP contribution in [0.25, 0.3) is 10.8 Å². The molecule has 0 saturated carbocycles. The molecule has 1 aromatic heterocycles. The summed E-state index contributed by atoms with van der Waals surface area (Å²) in [5, 5.41) is 6.18. The first-order chi connectivity index (χ1) is 13.7. The van der Waals surface area contributed by atoms with Crippen molar-refractivity contribution in [3.63, 3.8) is 0 Å². The number of benzene rings is 3. The molecule has 0 saturated heterocycles. The molecule has 1 N–H and O–H groups in total. The van der Waals surface area contributed by atoms with Crippen molar-refractivity contribution < 1.29 is 4.79 Å². The monoisotopic (exact) mass is 384 g/mol.